The van der Waals surface area contributed by atoms with E-state index in [9.17, 15) is 19.5 Å². The van der Waals surface area contributed by atoms with Crippen LogP contribution in [0.1, 0.15) is 34.8 Å². The number of phenols is 1. The molecule has 0 radical (unpaired) electrons. The minimum atomic E-state index is -1.48. The molecule has 4 aliphatic rings. The first-order valence-electron chi connectivity index (χ1n) is 15.9. The van der Waals surface area contributed by atoms with Crippen molar-refractivity contribution in [1.82, 2.24) is 4.90 Å². The standard InChI is InChI=1S/C38H31ClN2O6S/c1-47-30-14-6-13-27(33(30)42)32-25-15-16-26-31(36(45)40(34(26)43)20-24-12-7-17-48-24)28(25)19-29-35(44)41(23-11-5-10-22(39)18-23)37(46)38(29,32)21-8-3-2-4-9-21/h2-15,17-18,26,28-29,31-32,42H,16,19-20H2,1H3/t26-,28+,29-,31-,32+,38+/m0/s1. The van der Waals surface area contributed by atoms with Crippen LogP contribution in [0.15, 0.2) is 102 Å². The summed E-state index contributed by atoms with van der Waals surface area (Å²) in [5.74, 6) is -4.83. The van der Waals surface area contributed by atoms with E-state index in [1.165, 1.54) is 28.2 Å². The van der Waals surface area contributed by atoms with Gasteiger partial charge in [0.25, 0.3) is 0 Å². The summed E-state index contributed by atoms with van der Waals surface area (Å²) in [6.07, 6.45) is 2.46. The summed E-state index contributed by atoms with van der Waals surface area (Å²) < 4.78 is 5.53. The molecule has 2 saturated heterocycles. The van der Waals surface area contributed by atoms with Crippen molar-refractivity contribution < 1.29 is 29.0 Å². The molecule has 0 spiro atoms. The maximum Gasteiger partial charge on any atom is 0.246 e. The number of carbonyl (C=O) groups excluding carboxylic acids is 4. The lowest BCUT2D eigenvalue weighted by atomic mass is 9.49. The predicted octanol–water partition coefficient (Wildman–Crippen LogP) is 6.48. The first-order valence-corrected chi connectivity index (χ1v) is 17.2. The van der Waals surface area contributed by atoms with Crippen LogP contribution in [0.5, 0.6) is 11.5 Å². The van der Waals surface area contributed by atoms with E-state index in [0.717, 1.165) is 10.5 Å². The molecule has 8 rings (SSSR count). The molecule has 4 amide bonds. The molecule has 8 nitrogen and oxygen atoms in total. The molecule has 3 heterocycles. The molecule has 0 bridgehead atoms. The number of methoxy groups -OCH3 is 1. The maximum absolute atomic E-state index is 15.3. The number of allylic oxidation sites excluding steroid dienone is 2. The summed E-state index contributed by atoms with van der Waals surface area (Å²) in [5.41, 5.74) is 0.675. The third kappa shape index (κ3) is 4.26. The molecular weight excluding hydrogens is 648 g/mol. The normalized spacial score (nSPS) is 27.9. The number of hydrogen-bond donors (Lipinski definition) is 1. The van der Waals surface area contributed by atoms with Gasteiger partial charge in [-0.25, -0.2) is 4.90 Å². The van der Waals surface area contributed by atoms with Gasteiger partial charge in [0.15, 0.2) is 11.5 Å². The smallest absolute Gasteiger partial charge is 0.246 e. The van der Waals surface area contributed by atoms with Crippen LogP contribution in [-0.4, -0.2) is 40.7 Å². The van der Waals surface area contributed by atoms with E-state index in [0.29, 0.717) is 28.3 Å². The van der Waals surface area contributed by atoms with Gasteiger partial charge < -0.3 is 9.84 Å². The van der Waals surface area contributed by atoms with Gasteiger partial charge in [0.2, 0.25) is 23.6 Å². The lowest BCUT2D eigenvalue weighted by Crippen LogP contribution is -2.53. The Morgan fingerprint density at radius 1 is 0.917 bits per heavy atom. The number of imide groups is 2. The topological polar surface area (TPSA) is 104 Å². The number of hydrogen-bond acceptors (Lipinski definition) is 7. The summed E-state index contributed by atoms with van der Waals surface area (Å²) in [6.45, 7) is 0.196. The molecule has 1 N–H and O–H groups in total. The summed E-state index contributed by atoms with van der Waals surface area (Å²) in [6, 6.07) is 24.8. The van der Waals surface area contributed by atoms with Gasteiger partial charge in [0.05, 0.1) is 42.5 Å². The quantitative estimate of drug-likeness (QED) is 0.185. The van der Waals surface area contributed by atoms with Crippen molar-refractivity contribution >= 4 is 52.3 Å². The molecule has 3 aromatic carbocycles. The minimum absolute atomic E-state index is 0.141. The largest absolute Gasteiger partial charge is 0.504 e. The van der Waals surface area contributed by atoms with Crippen molar-refractivity contribution in [3.05, 3.63) is 123 Å². The minimum Gasteiger partial charge on any atom is -0.504 e. The maximum atomic E-state index is 15.3. The zero-order valence-corrected chi connectivity index (χ0v) is 27.5. The Morgan fingerprint density at radius 2 is 1.71 bits per heavy atom. The average molecular weight is 679 g/mol. The average Bonchev–Trinajstić information content (AvgIpc) is 3.76. The number of aromatic hydroxyl groups is 1. The Morgan fingerprint density at radius 3 is 2.44 bits per heavy atom. The Hall–Kier alpha value is -4.73. The number of thiophene rings is 1. The molecule has 48 heavy (non-hydrogen) atoms. The molecule has 10 heteroatoms. The van der Waals surface area contributed by atoms with Gasteiger partial charge in [0, 0.05) is 21.4 Å². The van der Waals surface area contributed by atoms with Crippen LogP contribution in [0.25, 0.3) is 0 Å². The van der Waals surface area contributed by atoms with Crippen LogP contribution in [0.2, 0.25) is 5.02 Å². The highest BCUT2D eigenvalue weighted by Gasteiger charge is 2.70. The van der Waals surface area contributed by atoms with Crippen molar-refractivity contribution in [3.8, 4) is 11.5 Å². The zero-order chi connectivity index (χ0) is 33.3. The second kappa shape index (κ2) is 11.5. The van der Waals surface area contributed by atoms with E-state index in [-0.39, 0.29) is 36.3 Å². The van der Waals surface area contributed by atoms with Crippen molar-refractivity contribution in [2.24, 2.45) is 23.7 Å². The number of benzene rings is 3. The second-order valence-corrected chi connectivity index (χ2v) is 14.3. The number of likely N-dealkylation sites (tertiary alicyclic amines) is 1. The Balaban J connectivity index is 1.36. The number of carbonyl (C=O) groups is 4. The summed E-state index contributed by atoms with van der Waals surface area (Å²) in [4.78, 5) is 61.7. The molecule has 1 aromatic heterocycles. The Labute approximate surface area is 286 Å². The van der Waals surface area contributed by atoms with E-state index in [4.69, 9.17) is 16.3 Å². The fraction of sp³-hybridized carbons (Fsp3) is 0.263. The van der Waals surface area contributed by atoms with Gasteiger partial charge in [-0.05, 0) is 60.0 Å². The summed E-state index contributed by atoms with van der Waals surface area (Å²) >= 11 is 7.86. The van der Waals surface area contributed by atoms with Gasteiger partial charge in [-0.1, -0.05) is 77.8 Å². The zero-order valence-electron chi connectivity index (χ0n) is 25.9. The van der Waals surface area contributed by atoms with Gasteiger partial charge in [-0.3, -0.25) is 24.1 Å². The SMILES string of the molecule is COc1cccc([C@H]2C3=CC[C@@H]4C(=O)N(Cc5cccs5)C(=O)[C@@H]4[C@@H]3C[C@H]3C(=O)N(c4cccc(Cl)c4)C(=O)[C@@]23c2ccccc2)c1O. The number of para-hydroxylation sites is 1. The van der Waals surface area contributed by atoms with Crippen molar-refractivity contribution in [2.75, 3.05) is 12.0 Å². The van der Waals surface area contributed by atoms with Crippen LogP contribution < -0.4 is 9.64 Å². The fourth-order valence-corrected chi connectivity index (χ4v) is 9.68. The van der Waals surface area contributed by atoms with Gasteiger partial charge >= 0.3 is 0 Å². The Bertz CT molecular complexity index is 2010. The number of nitrogens with zero attached hydrogens (tertiary/aromatic N) is 2. The first-order chi connectivity index (χ1) is 23.3. The van der Waals surface area contributed by atoms with Gasteiger partial charge in [0.1, 0.15) is 0 Å². The fourth-order valence-electron chi connectivity index (χ4n) is 8.80. The van der Waals surface area contributed by atoms with E-state index in [1.807, 2.05) is 53.9 Å². The lowest BCUT2D eigenvalue weighted by Gasteiger charge is -2.50. The van der Waals surface area contributed by atoms with Crippen LogP contribution in [-0.2, 0) is 31.1 Å². The molecule has 2 aliphatic carbocycles. The molecule has 242 valence electrons. The van der Waals surface area contributed by atoms with Crippen molar-refractivity contribution in [1.29, 1.82) is 0 Å². The van der Waals surface area contributed by atoms with Crippen LogP contribution >= 0.6 is 22.9 Å². The molecular formula is C38H31ClN2O6S. The van der Waals surface area contributed by atoms with Crippen LogP contribution in [0.3, 0.4) is 0 Å². The molecule has 4 aromatic rings. The lowest BCUT2D eigenvalue weighted by molar-refractivity contribution is -0.141. The molecule has 6 atom stereocenters. The first kappa shape index (κ1) is 30.6. The number of anilines is 1. The highest BCUT2D eigenvalue weighted by molar-refractivity contribution is 7.09. The van der Waals surface area contributed by atoms with E-state index >= 15 is 4.79 Å². The second-order valence-electron chi connectivity index (χ2n) is 12.8. The Kier molecular flexibility index (Phi) is 7.30. The number of amides is 4. The molecule has 3 fully saturated rings. The van der Waals surface area contributed by atoms with Crippen LogP contribution in [0.4, 0.5) is 5.69 Å². The third-order valence-electron chi connectivity index (χ3n) is 10.7. The van der Waals surface area contributed by atoms with Gasteiger partial charge in [-0.2, -0.15) is 0 Å². The highest BCUT2D eigenvalue weighted by Crippen LogP contribution is 2.65. The monoisotopic (exact) mass is 678 g/mol. The predicted molar refractivity (Wildman–Crippen MR) is 181 cm³/mol. The third-order valence-corrected chi connectivity index (χ3v) is 11.8. The molecule has 0 unspecified atom stereocenters. The number of fused-ring (bicyclic) bond motifs is 4. The van der Waals surface area contributed by atoms with E-state index < -0.39 is 46.8 Å². The van der Waals surface area contributed by atoms with E-state index in [2.05, 4.69) is 0 Å². The van der Waals surface area contributed by atoms with Crippen molar-refractivity contribution in [2.45, 2.75) is 30.7 Å². The summed E-state index contributed by atoms with van der Waals surface area (Å²) in [7, 11) is 1.46. The van der Waals surface area contributed by atoms with Crippen molar-refractivity contribution in [3.63, 3.8) is 0 Å². The molecule has 1 saturated carbocycles. The highest BCUT2D eigenvalue weighted by atomic mass is 35.5. The van der Waals surface area contributed by atoms with Gasteiger partial charge in [-0.15, -0.1) is 11.3 Å². The number of phenolic OH excluding ortho intramolecular Hbond substituents is 1. The summed E-state index contributed by atoms with van der Waals surface area (Å²) in [5, 5.41) is 14.0. The number of rotatable bonds is 6. The number of halogens is 1. The van der Waals surface area contributed by atoms with Crippen LogP contribution in [0, 0.1) is 23.7 Å². The number of ether oxygens (including phenoxy) is 1. The van der Waals surface area contributed by atoms with E-state index in [1.54, 1.807) is 42.5 Å². The molecule has 2 aliphatic heterocycles.